The number of nitrogens with zero attached hydrogens (tertiary/aromatic N) is 2. The van der Waals surface area contributed by atoms with E-state index in [0.29, 0.717) is 36.1 Å². The van der Waals surface area contributed by atoms with Crippen LogP contribution in [0.4, 0.5) is 5.13 Å². The molecule has 28 heavy (non-hydrogen) atoms. The van der Waals surface area contributed by atoms with Gasteiger partial charge in [0.05, 0.1) is 18.7 Å². The summed E-state index contributed by atoms with van der Waals surface area (Å²) in [5.74, 6) is 1.42. The highest BCUT2D eigenvalue weighted by Gasteiger charge is 2.24. The van der Waals surface area contributed by atoms with Crippen molar-refractivity contribution in [3.05, 3.63) is 57.7 Å². The largest absolute Gasteiger partial charge is 0.459 e. The zero-order chi connectivity index (χ0) is 19.5. The first-order valence-corrected chi connectivity index (χ1v) is 10.6. The van der Waals surface area contributed by atoms with Crippen molar-refractivity contribution < 1.29 is 14.0 Å². The molecule has 0 bridgehead atoms. The topological polar surface area (TPSA) is 75.4 Å². The van der Waals surface area contributed by atoms with Gasteiger partial charge in [-0.05, 0) is 30.7 Å². The second-order valence-electron chi connectivity index (χ2n) is 6.50. The van der Waals surface area contributed by atoms with Gasteiger partial charge in [-0.1, -0.05) is 28.1 Å². The predicted molar refractivity (Wildman–Crippen MR) is 111 cm³/mol. The summed E-state index contributed by atoms with van der Waals surface area (Å²) in [6.07, 6.45) is 1.61. The highest BCUT2D eigenvalue weighted by molar-refractivity contribution is 9.10. The lowest BCUT2D eigenvalue weighted by atomic mass is 10.2. The molecule has 3 aromatic rings. The van der Waals surface area contributed by atoms with Crippen LogP contribution in [0.2, 0.25) is 0 Å². The number of carbonyl (C=O) groups excluding carboxylic acids is 2. The molecule has 1 saturated heterocycles. The van der Waals surface area contributed by atoms with Crippen LogP contribution < -0.4 is 10.2 Å². The zero-order valence-electron chi connectivity index (χ0n) is 15.0. The molecule has 2 amide bonds. The Labute approximate surface area is 174 Å². The Balaban J connectivity index is 1.31. The number of aromatic nitrogens is 1. The standard InChI is InChI=1S/C20H18BrN3O3S/c21-14-5-3-13(4-6-14)17-8-7-16(27-17)11-22-18(25)10-15-12-28-20(23-15)24-9-1-2-19(24)26/h3-8,12H,1-2,9-11H2,(H,22,25). The van der Waals surface area contributed by atoms with E-state index in [1.54, 1.807) is 4.90 Å². The first-order chi connectivity index (χ1) is 13.6. The Morgan fingerprint density at radius 2 is 2.07 bits per heavy atom. The maximum atomic E-state index is 12.2. The van der Waals surface area contributed by atoms with Gasteiger partial charge in [-0.2, -0.15) is 0 Å². The van der Waals surface area contributed by atoms with E-state index in [9.17, 15) is 9.59 Å². The lowest BCUT2D eigenvalue weighted by Crippen LogP contribution is -2.25. The van der Waals surface area contributed by atoms with Gasteiger partial charge in [-0.15, -0.1) is 11.3 Å². The normalized spacial score (nSPS) is 13.9. The third-order valence-corrected chi connectivity index (χ3v) is 5.88. The zero-order valence-corrected chi connectivity index (χ0v) is 17.4. The molecule has 6 nitrogen and oxygen atoms in total. The van der Waals surface area contributed by atoms with E-state index in [1.165, 1.54) is 11.3 Å². The quantitative estimate of drug-likeness (QED) is 0.600. The van der Waals surface area contributed by atoms with Gasteiger partial charge in [0, 0.05) is 28.4 Å². The molecule has 0 unspecified atom stereocenters. The van der Waals surface area contributed by atoms with Gasteiger partial charge in [0.2, 0.25) is 11.8 Å². The molecular formula is C20H18BrN3O3S. The van der Waals surface area contributed by atoms with E-state index in [1.807, 2.05) is 41.8 Å². The molecule has 3 heterocycles. The molecule has 4 rings (SSSR count). The number of carbonyl (C=O) groups is 2. The minimum atomic E-state index is -0.133. The van der Waals surface area contributed by atoms with Crippen LogP contribution in [-0.4, -0.2) is 23.3 Å². The first-order valence-electron chi connectivity index (χ1n) is 8.94. The number of furan rings is 1. The highest BCUT2D eigenvalue weighted by Crippen LogP contribution is 2.26. The molecule has 0 radical (unpaired) electrons. The first kappa shape index (κ1) is 18.9. The summed E-state index contributed by atoms with van der Waals surface area (Å²) >= 11 is 4.81. The molecule has 1 aliphatic heterocycles. The molecule has 0 aliphatic carbocycles. The molecule has 2 aromatic heterocycles. The maximum Gasteiger partial charge on any atom is 0.228 e. The summed E-state index contributed by atoms with van der Waals surface area (Å²) < 4.78 is 6.81. The van der Waals surface area contributed by atoms with E-state index in [4.69, 9.17) is 4.42 Å². The smallest absolute Gasteiger partial charge is 0.228 e. The number of thiazole rings is 1. The second-order valence-corrected chi connectivity index (χ2v) is 8.25. The number of nitrogens with one attached hydrogen (secondary N) is 1. The van der Waals surface area contributed by atoms with E-state index < -0.39 is 0 Å². The van der Waals surface area contributed by atoms with E-state index >= 15 is 0 Å². The summed E-state index contributed by atoms with van der Waals surface area (Å²) in [4.78, 5) is 30.1. The Hall–Kier alpha value is -2.45. The average molecular weight is 460 g/mol. The lowest BCUT2D eigenvalue weighted by Gasteiger charge is -2.10. The van der Waals surface area contributed by atoms with Gasteiger partial charge in [-0.25, -0.2) is 4.98 Å². The molecule has 0 spiro atoms. The number of amides is 2. The van der Waals surface area contributed by atoms with Crippen molar-refractivity contribution in [2.24, 2.45) is 0 Å². The third-order valence-electron chi connectivity index (χ3n) is 4.44. The third kappa shape index (κ3) is 4.34. The van der Waals surface area contributed by atoms with Crippen LogP contribution in [0.15, 0.2) is 50.7 Å². The average Bonchev–Trinajstić information content (AvgIpc) is 3.41. The van der Waals surface area contributed by atoms with Crippen LogP contribution >= 0.6 is 27.3 Å². The molecular weight excluding hydrogens is 442 g/mol. The Bertz CT molecular complexity index is 996. The molecule has 1 N–H and O–H groups in total. The number of rotatable bonds is 6. The molecule has 144 valence electrons. The summed E-state index contributed by atoms with van der Waals surface area (Å²) in [6, 6.07) is 11.6. The van der Waals surface area contributed by atoms with Crippen molar-refractivity contribution in [1.29, 1.82) is 0 Å². The number of anilines is 1. The van der Waals surface area contributed by atoms with Crippen LogP contribution in [-0.2, 0) is 22.6 Å². The number of hydrogen-bond donors (Lipinski definition) is 1. The van der Waals surface area contributed by atoms with Crippen LogP contribution in [0.3, 0.4) is 0 Å². The monoisotopic (exact) mass is 459 g/mol. The predicted octanol–water partition coefficient (Wildman–Crippen LogP) is 4.15. The second kappa shape index (κ2) is 8.28. The van der Waals surface area contributed by atoms with Crippen LogP contribution in [0.1, 0.15) is 24.3 Å². The van der Waals surface area contributed by atoms with Crippen molar-refractivity contribution in [3.63, 3.8) is 0 Å². The van der Waals surface area contributed by atoms with Crippen LogP contribution in [0, 0.1) is 0 Å². The molecule has 1 aliphatic rings. The number of hydrogen-bond acceptors (Lipinski definition) is 5. The van der Waals surface area contributed by atoms with Crippen molar-refractivity contribution in [2.75, 3.05) is 11.4 Å². The van der Waals surface area contributed by atoms with Crippen molar-refractivity contribution in [1.82, 2.24) is 10.3 Å². The van der Waals surface area contributed by atoms with Gasteiger partial charge in [0.25, 0.3) is 0 Å². The highest BCUT2D eigenvalue weighted by atomic mass is 79.9. The fraction of sp³-hybridized carbons (Fsp3) is 0.250. The number of benzene rings is 1. The fourth-order valence-corrected chi connectivity index (χ4v) is 4.14. The number of halogens is 1. The summed E-state index contributed by atoms with van der Waals surface area (Å²) in [7, 11) is 0. The van der Waals surface area contributed by atoms with E-state index in [0.717, 1.165) is 22.2 Å². The van der Waals surface area contributed by atoms with Crippen molar-refractivity contribution >= 4 is 44.2 Å². The van der Waals surface area contributed by atoms with Gasteiger partial charge in [0.1, 0.15) is 11.5 Å². The minimum absolute atomic E-state index is 0.102. The van der Waals surface area contributed by atoms with Crippen LogP contribution in [0.5, 0.6) is 0 Å². The van der Waals surface area contributed by atoms with Crippen LogP contribution in [0.25, 0.3) is 11.3 Å². The fourth-order valence-electron chi connectivity index (χ4n) is 3.01. The Morgan fingerprint density at radius 3 is 2.82 bits per heavy atom. The maximum absolute atomic E-state index is 12.2. The van der Waals surface area contributed by atoms with Gasteiger partial charge in [-0.3, -0.25) is 14.5 Å². The van der Waals surface area contributed by atoms with Gasteiger partial charge in [0.15, 0.2) is 5.13 Å². The van der Waals surface area contributed by atoms with Crippen molar-refractivity contribution in [3.8, 4) is 11.3 Å². The summed E-state index contributed by atoms with van der Waals surface area (Å²) in [5, 5.41) is 5.36. The van der Waals surface area contributed by atoms with Crippen molar-refractivity contribution in [2.45, 2.75) is 25.8 Å². The molecule has 1 aromatic carbocycles. The minimum Gasteiger partial charge on any atom is -0.459 e. The van der Waals surface area contributed by atoms with Gasteiger partial charge < -0.3 is 9.73 Å². The molecule has 0 atom stereocenters. The van der Waals surface area contributed by atoms with E-state index in [-0.39, 0.29) is 18.2 Å². The summed E-state index contributed by atoms with van der Waals surface area (Å²) in [6.45, 7) is 1.02. The Morgan fingerprint density at radius 1 is 1.25 bits per heavy atom. The molecule has 0 saturated carbocycles. The lowest BCUT2D eigenvalue weighted by molar-refractivity contribution is -0.120. The summed E-state index contributed by atoms with van der Waals surface area (Å²) in [5.41, 5.74) is 1.65. The Kier molecular flexibility index (Phi) is 5.59. The van der Waals surface area contributed by atoms with E-state index in [2.05, 4.69) is 26.2 Å². The van der Waals surface area contributed by atoms with Gasteiger partial charge >= 0.3 is 0 Å². The SMILES string of the molecule is O=C(Cc1csc(N2CCCC2=O)n1)NCc1ccc(-c2ccc(Br)cc2)o1. The molecule has 8 heteroatoms. The molecule has 1 fully saturated rings.